The second-order valence-corrected chi connectivity index (χ2v) is 3.78. The van der Waals surface area contributed by atoms with Crippen LogP contribution in [0.15, 0.2) is 36.4 Å². The molecule has 0 N–H and O–H groups in total. The number of rotatable bonds is 2. The molecule has 1 heterocycles. The van der Waals surface area contributed by atoms with Crippen LogP contribution in [0.4, 0.5) is 4.39 Å². The van der Waals surface area contributed by atoms with E-state index in [4.69, 9.17) is 16.9 Å². The summed E-state index contributed by atoms with van der Waals surface area (Å²) in [6, 6.07) is 11.0. The van der Waals surface area contributed by atoms with E-state index < -0.39 is 5.92 Å². The lowest BCUT2D eigenvalue weighted by Crippen LogP contribution is -2.02. The first-order chi connectivity index (χ1) is 8.20. The molecular formula is C12H7ClFN3. The van der Waals surface area contributed by atoms with Crippen LogP contribution < -0.4 is 0 Å². The Morgan fingerprint density at radius 2 is 1.82 bits per heavy atom. The predicted molar refractivity (Wildman–Crippen MR) is 60.9 cm³/mol. The third-order valence-electron chi connectivity index (χ3n) is 2.28. The molecule has 0 saturated carbocycles. The smallest absolute Gasteiger partial charge is 0.151 e. The predicted octanol–water partition coefficient (Wildman–Crippen LogP) is 2.92. The largest absolute Gasteiger partial charge is 0.207 e. The minimum Gasteiger partial charge on any atom is -0.207 e. The number of nitriles is 1. The number of aromatic nitrogens is 2. The molecule has 0 amide bonds. The van der Waals surface area contributed by atoms with Gasteiger partial charge in [-0.2, -0.15) is 10.4 Å². The summed E-state index contributed by atoms with van der Waals surface area (Å²) >= 11 is 5.62. The van der Waals surface area contributed by atoms with Crippen LogP contribution >= 0.6 is 11.6 Å². The third kappa shape index (κ3) is 2.58. The molecule has 1 aromatic heterocycles. The first-order valence-electron chi connectivity index (χ1n) is 4.85. The quantitative estimate of drug-likeness (QED) is 0.820. The zero-order valence-electron chi connectivity index (χ0n) is 8.64. The first-order valence-corrected chi connectivity index (χ1v) is 5.22. The minimum absolute atomic E-state index is 0.268. The van der Waals surface area contributed by atoms with Crippen LogP contribution in [0.1, 0.15) is 17.2 Å². The molecule has 0 aliphatic carbocycles. The van der Waals surface area contributed by atoms with Gasteiger partial charge in [0.1, 0.15) is 11.7 Å². The second-order valence-electron chi connectivity index (χ2n) is 3.39. The molecule has 0 saturated heterocycles. The molecule has 2 aromatic rings. The minimum atomic E-state index is -0.569. The van der Waals surface area contributed by atoms with Gasteiger partial charge < -0.3 is 0 Å². The van der Waals surface area contributed by atoms with Crippen molar-refractivity contribution in [2.24, 2.45) is 0 Å². The van der Waals surface area contributed by atoms with E-state index in [1.165, 1.54) is 12.1 Å². The van der Waals surface area contributed by atoms with Crippen LogP contribution in [-0.4, -0.2) is 10.2 Å². The van der Waals surface area contributed by atoms with Crippen LogP contribution in [0.25, 0.3) is 0 Å². The van der Waals surface area contributed by atoms with E-state index in [-0.39, 0.29) is 11.0 Å². The van der Waals surface area contributed by atoms with Crippen LogP contribution in [0, 0.1) is 17.1 Å². The number of hydrogen-bond donors (Lipinski definition) is 0. The van der Waals surface area contributed by atoms with E-state index in [0.29, 0.717) is 11.3 Å². The molecule has 0 aliphatic heterocycles. The van der Waals surface area contributed by atoms with Crippen molar-refractivity contribution in [2.75, 3.05) is 0 Å². The van der Waals surface area contributed by atoms with Crippen molar-refractivity contribution in [2.45, 2.75) is 5.92 Å². The Morgan fingerprint density at radius 3 is 2.35 bits per heavy atom. The standard InChI is InChI=1S/C12H7ClFN3/c13-12-6-5-11(16-17-12)10(7-15)8-1-3-9(14)4-2-8/h1-6,10H/t10-/m0/s1. The highest BCUT2D eigenvalue weighted by molar-refractivity contribution is 6.29. The second kappa shape index (κ2) is 4.89. The average molecular weight is 248 g/mol. The Balaban J connectivity index is 2.37. The topological polar surface area (TPSA) is 49.6 Å². The number of halogens is 2. The molecule has 1 atom stereocenters. The molecule has 0 radical (unpaired) electrons. The maximum Gasteiger partial charge on any atom is 0.151 e. The van der Waals surface area contributed by atoms with Gasteiger partial charge >= 0.3 is 0 Å². The molecule has 0 unspecified atom stereocenters. The highest BCUT2D eigenvalue weighted by Gasteiger charge is 2.15. The SMILES string of the molecule is N#C[C@@H](c1ccc(F)cc1)c1ccc(Cl)nn1. The number of benzene rings is 1. The van der Waals surface area contributed by atoms with Gasteiger partial charge in [-0.15, -0.1) is 5.10 Å². The first kappa shape index (κ1) is 11.5. The van der Waals surface area contributed by atoms with Crippen molar-refractivity contribution < 1.29 is 4.39 Å². The Hall–Kier alpha value is -1.99. The van der Waals surface area contributed by atoms with Gasteiger partial charge in [-0.25, -0.2) is 4.39 Å². The van der Waals surface area contributed by atoms with Crippen molar-refractivity contribution >= 4 is 11.6 Å². The van der Waals surface area contributed by atoms with Gasteiger partial charge in [0.2, 0.25) is 0 Å². The van der Waals surface area contributed by atoms with Crippen molar-refractivity contribution in [3.05, 3.63) is 58.6 Å². The van der Waals surface area contributed by atoms with Gasteiger partial charge in [-0.1, -0.05) is 23.7 Å². The van der Waals surface area contributed by atoms with Crippen LogP contribution in [0.5, 0.6) is 0 Å². The summed E-state index contributed by atoms with van der Waals surface area (Å²) in [4.78, 5) is 0. The summed E-state index contributed by atoms with van der Waals surface area (Å²) in [5, 5.41) is 16.9. The summed E-state index contributed by atoms with van der Waals surface area (Å²) in [6.07, 6.45) is 0. The van der Waals surface area contributed by atoms with E-state index in [1.807, 2.05) is 0 Å². The number of nitrogens with zero attached hydrogens (tertiary/aromatic N) is 3. The molecule has 1 aromatic carbocycles. The van der Waals surface area contributed by atoms with Gasteiger partial charge in [0.25, 0.3) is 0 Å². The Bertz CT molecular complexity index is 500. The summed E-state index contributed by atoms with van der Waals surface area (Å²) < 4.78 is 12.8. The van der Waals surface area contributed by atoms with E-state index in [0.717, 1.165) is 0 Å². The zero-order valence-corrected chi connectivity index (χ0v) is 9.39. The average Bonchev–Trinajstić information content (AvgIpc) is 2.35. The maximum atomic E-state index is 12.8. The van der Waals surface area contributed by atoms with E-state index >= 15 is 0 Å². The van der Waals surface area contributed by atoms with Crippen molar-refractivity contribution in [1.29, 1.82) is 5.26 Å². The summed E-state index contributed by atoms with van der Waals surface area (Å²) in [6.45, 7) is 0. The summed E-state index contributed by atoms with van der Waals surface area (Å²) in [5.41, 5.74) is 1.16. The highest BCUT2D eigenvalue weighted by atomic mass is 35.5. The Labute approximate surface area is 102 Å². The lowest BCUT2D eigenvalue weighted by atomic mass is 9.97. The molecule has 17 heavy (non-hydrogen) atoms. The lowest BCUT2D eigenvalue weighted by Gasteiger charge is -2.07. The van der Waals surface area contributed by atoms with Gasteiger partial charge in [0, 0.05) is 0 Å². The van der Waals surface area contributed by atoms with Crippen LogP contribution in [0.2, 0.25) is 5.15 Å². The van der Waals surface area contributed by atoms with Gasteiger partial charge in [0.05, 0.1) is 11.8 Å². The fraction of sp³-hybridized carbons (Fsp3) is 0.0833. The fourth-order valence-electron chi connectivity index (χ4n) is 1.45. The van der Waals surface area contributed by atoms with Gasteiger partial charge in [-0.05, 0) is 29.8 Å². The normalized spacial score (nSPS) is 11.8. The molecule has 84 valence electrons. The monoisotopic (exact) mass is 247 g/mol. The Kier molecular flexibility index (Phi) is 3.31. The molecule has 3 nitrogen and oxygen atoms in total. The number of hydrogen-bond acceptors (Lipinski definition) is 3. The van der Waals surface area contributed by atoms with Crippen LogP contribution in [0.3, 0.4) is 0 Å². The van der Waals surface area contributed by atoms with Crippen molar-refractivity contribution in [1.82, 2.24) is 10.2 Å². The molecule has 0 fully saturated rings. The fourth-order valence-corrected chi connectivity index (χ4v) is 1.55. The zero-order chi connectivity index (χ0) is 12.3. The van der Waals surface area contributed by atoms with Gasteiger partial charge in [-0.3, -0.25) is 0 Å². The van der Waals surface area contributed by atoms with Crippen molar-refractivity contribution in [3.63, 3.8) is 0 Å². The maximum absolute atomic E-state index is 12.8. The molecule has 0 spiro atoms. The van der Waals surface area contributed by atoms with E-state index in [2.05, 4.69) is 16.3 Å². The van der Waals surface area contributed by atoms with Gasteiger partial charge in [0.15, 0.2) is 5.15 Å². The summed E-state index contributed by atoms with van der Waals surface area (Å²) in [5.74, 6) is -0.909. The lowest BCUT2D eigenvalue weighted by molar-refractivity contribution is 0.627. The molecular weight excluding hydrogens is 241 g/mol. The van der Waals surface area contributed by atoms with E-state index in [9.17, 15) is 4.39 Å². The molecule has 0 aliphatic rings. The van der Waals surface area contributed by atoms with E-state index in [1.54, 1.807) is 24.3 Å². The van der Waals surface area contributed by atoms with Crippen LogP contribution in [-0.2, 0) is 0 Å². The van der Waals surface area contributed by atoms with Crippen molar-refractivity contribution in [3.8, 4) is 6.07 Å². The molecule has 0 bridgehead atoms. The Morgan fingerprint density at radius 1 is 1.12 bits per heavy atom. The highest BCUT2D eigenvalue weighted by Crippen LogP contribution is 2.22. The molecule has 2 rings (SSSR count). The summed E-state index contributed by atoms with van der Waals surface area (Å²) in [7, 11) is 0. The molecule has 5 heteroatoms. The third-order valence-corrected chi connectivity index (χ3v) is 2.48.